The maximum atomic E-state index is 11.3. The number of nitrogens with zero attached hydrogens (tertiary/aromatic N) is 1. The lowest BCUT2D eigenvalue weighted by Crippen LogP contribution is -2.44. The molecule has 0 saturated carbocycles. The van der Waals surface area contributed by atoms with Crippen LogP contribution in [0.15, 0.2) is 0 Å². The lowest BCUT2D eigenvalue weighted by molar-refractivity contribution is -0.143. The van der Waals surface area contributed by atoms with Crippen LogP contribution in [0.2, 0.25) is 0 Å². The highest BCUT2D eigenvalue weighted by atomic mass is 79.9. The van der Waals surface area contributed by atoms with E-state index in [1.54, 1.807) is 0 Å². The van der Waals surface area contributed by atoms with Crippen LogP contribution in [0.5, 0.6) is 0 Å². The van der Waals surface area contributed by atoms with Crippen molar-refractivity contribution in [2.24, 2.45) is 5.92 Å². The second kappa shape index (κ2) is 5.60. The molecule has 1 amide bonds. The van der Waals surface area contributed by atoms with E-state index in [9.17, 15) is 4.79 Å². The molecule has 1 aliphatic rings. The molecule has 4 heteroatoms. The van der Waals surface area contributed by atoms with Gasteiger partial charge in [0.05, 0.1) is 6.61 Å². The van der Waals surface area contributed by atoms with E-state index in [0.717, 1.165) is 24.8 Å². The van der Waals surface area contributed by atoms with Gasteiger partial charge in [0.15, 0.2) is 0 Å². The second-order valence-corrected chi connectivity index (χ2v) is 3.97. The van der Waals surface area contributed by atoms with Gasteiger partial charge in [-0.3, -0.25) is 4.79 Å². The fourth-order valence-electron chi connectivity index (χ4n) is 1.34. The Bertz CT molecular complexity index is 171. The van der Waals surface area contributed by atoms with E-state index >= 15 is 0 Å². The van der Waals surface area contributed by atoms with Gasteiger partial charge < -0.3 is 9.64 Å². The molecule has 0 aromatic rings. The first kappa shape index (κ1) is 11.0. The first-order valence-electron chi connectivity index (χ1n) is 4.69. The number of carbonyl (C=O) groups is 1. The third-order valence-electron chi connectivity index (χ3n) is 2.36. The van der Waals surface area contributed by atoms with Crippen LogP contribution in [0.4, 0.5) is 0 Å². The lowest BCUT2D eigenvalue weighted by atomic mass is 10.1. The van der Waals surface area contributed by atoms with Crippen molar-refractivity contribution in [2.45, 2.75) is 13.3 Å². The van der Waals surface area contributed by atoms with E-state index < -0.39 is 0 Å². The van der Waals surface area contributed by atoms with Crippen molar-refractivity contribution >= 4 is 21.8 Å². The summed E-state index contributed by atoms with van der Waals surface area (Å²) in [6.45, 7) is 4.71. The first-order chi connectivity index (χ1) is 6.27. The van der Waals surface area contributed by atoms with Gasteiger partial charge in [-0.2, -0.15) is 0 Å². The smallest absolute Gasteiger partial charge is 0.248 e. The SMILES string of the molecule is CCC(CBr)CN1CCOCC1=O. The summed E-state index contributed by atoms with van der Waals surface area (Å²) in [5.41, 5.74) is 0. The fraction of sp³-hybridized carbons (Fsp3) is 0.889. The van der Waals surface area contributed by atoms with E-state index in [-0.39, 0.29) is 12.5 Å². The molecule has 76 valence electrons. The van der Waals surface area contributed by atoms with Crippen LogP contribution in [0.25, 0.3) is 0 Å². The van der Waals surface area contributed by atoms with Crippen LogP contribution in [-0.2, 0) is 9.53 Å². The molecule has 0 N–H and O–H groups in total. The number of alkyl halides is 1. The predicted molar refractivity (Wildman–Crippen MR) is 55.0 cm³/mol. The molecule has 0 radical (unpaired) electrons. The zero-order valence-electron chi connectivity index (χ0n) is 7.96. The lowest BCUT2D eigenvalue weighted by Gasteiger charge is -2.29. The minimum atomic E-state index is 0.130. The Morgan fingerprint density at radius 2 is 2.46 bits per heavy atom. The van der Waals surface area contributed by atoms with Crippen LogP contribution >= 0.6 is 15.9 Å². The van der Waals surface area contributed by atoms with E-state index in [1.807, 2.05) is 4.90 Å². The van der Waals surface area contributed by atoms with Crippen molar-refractivity contribution < 1.29 is 9.53 Å². The number of amides is 1. The molecule has 1 fully saturated rings. The van der Waals surface area contributed by atoms with Gasteiger partial charge in [0.1, 0.15) is 6.61 Å². The molecule has 0 aromatic heterocycles. The van der Waals surface area contributed by atoms with Crippen LogP contribution in [0.1, 0.15) is 13.3 Å². The molecular formula is C9H16BrNO2. The maximum Gasteiger partial charge on any atom is 0.248 e. The Kier molecular flexibility index (Phi) is 4.73. The van der Waals surface area contributed by atoms with Gasteiger partial charge in [0.25, 0.3) is 0 Å². The second-order valence-electron chi connectivity index (χ2n) is 3.32. The van der Waals surface area contributed by atoms with E-state index in [1.165, 1.54) is 0 Å². The Balaban J connectivity index is 2.36. The summed E-state index contributed by atoms with van der Waals surface area (Å²) in [4.78, 5) is 13.2. The van der Waals surface area contributed by atoms with E-state index in [4.69, 9.17) is 4.74 Å². The first-order valence-corrected chi connectivity index (χ1v) is 5.81. The zero-order chi connectivity index (χ0) is 9.68. The summed E-state index contributed by atoms with van der Waals surface area (Å²) in [6.07, 6.45) is 1.11. The molecule has 1 heterocycles. The van der Waals surface area contributed by atoms with Gasteiger partial charge in [-0.15, -0.1) is 0 Å². The van der Waals surface area contributed by atoms with Gasteiger partial charge in [0.2, 0.25) is 5.91 Å². The summed E-state index contributed by atoms with van der Waals surface area (Å²) in [7, 11) is 0. The third kappa shape index (κ3) is 3.27. The van der Waals surface area contributed by atoms with Crippen LogP contribution in [0.3, 0.4) is 0 Å². The molecule has 0 aliphatic carbocycles. The van der Waals surface area contributed by atoms with Crippen LogP contribution in [0, 0.1) is 5.92 Å². The number of halogens is 1. The molecule has 1 rings (SSSR count). The molecule has 1 saturated heterocycles. The van der Waals surface area contributed by atoms with Gasteiger partial charge in [-0.25, -0.2) is 0 Å². The largest absolute Gasteiger partial charge is 0.370 e. The zero-order valence-corrected chi connectivity index (χ0v) is 9.55. The normalized spacial score (nSPS) is 20.5. The van der Waals surface area contributed by atoms with Crippen molar-refractivity contribution in [2.75, 3.05) is 31.6 Å². The van der Waals surface area contributed by atoms with Crippen molar-refractivity contribution in [3.8, 4) is 0 Å². The van der Waals surface area contributed by atoms with Crippen molar-refractivity contribution in [1.29, 1.82) is 0 Å². The number of hydrogen-bond donors (Lipinski definition) is 0. The monoisotopic (exact) mass is 249 g/mol. The quantitative estimate of drug-likeness (QED) is 0.703. The minimum Gasteiger partial charge on any atom is -0.370 e. The number of hydrogen-bond acceptors (Lipinski definition) is 2. The topological polar surface area (TPSA) is 29.5 Å². The molecule has 0 spiro atoms. The number of carbonyl (C=O) groups excluding carboxylic acids is 1. The Hall–Kier alpha value is -0.0900. The minimum absolute atomic E-state index is 0.130. The van der Waals surface area contributed by atoms with Gasteiger partial charge in [0, 0.05) is 18.4 Å². The van der Waals surface area contributed by atoms with E-state index in [0.29, 0.717) is 12.5 Å². The third-order valence-corrected chi connectivity index (χ3v) is 3.27. The van der Waals surface area contributed by atoms with Gasteiger partial charge in [-0.1, -0.05) is 29.3 Å². The predicted octanol–water partition coefficient (Wildman–Crippen LogP) is 1.27. The molecule has 13 heavy (non-hydrogen) atoms. The molecule has 3 nitrogen and oxygen atoms in total. The number of rotatable bonds is 4. The highest BCUT2D eigenvalue weighted by Gasteiger charge is 2.20. The average molecular weight is 250 g/mol. The Labute approximate surface area is 87.6 Å². The van der Waals surface area contributed by atoms with Crippen LogP contribution < -0.4 is 0 Å². The standard InChI is InChI=1S/C9H16BrNO2/c1-2-8(5-10)6-11-3-4-13-7-9(11)12/h8H,2-7H2,1H3. The van der Waals surface area contributed by atoms with Gasteiger partial charge in [-0.05, 0) is 5.92 Å². The fourth-order valence-corrected chi connectivity index (χ4v) is 2.00. The highest BCUT2D eigenvalue weighted by Crippen LogP contribution is 2.10. The highest BCUT2D eigenvalue weighted by molar-refractivity contribution is 9.09. The molecular weight excluding hydrogens is 234 g/mol. The Morgan fingerprint density at radius 3 is 3.00 bits per heavy atom. The molecule has 1 aliphatic heterocycles. The van der Waals surface area contributed by atoms with Crippen molar-refractivity contribution in [1.82, 2.24) is 4.90 Å². The van der Waals surface area contributed by atoms with Crippen LogP contribution in [-0.4, -0.2) is 42.4 Å². The summed E-state index contributed by atoms with van der Waals surface area (Å²) in [5.74, 6) is 0.702. The average Bonchev–Trinajstić information content (AvgIpc) is 2.17. The number of ether oxygens (including phenoxy) is 1. The maximum absolute atomic E-state index is 11.3. The summed E-state index contributed by atoms with van der Waals surface area (Å²) < 4.78 is 5.06. The molecule has 0 bridgehead atoms. The van der Waals surface area contributed by atoms with Crippen molar-refractivity contribution in [3.05, 3.63) is 0 Å². The molecule has 0 aromatic carbocycles. The van der Waals surface area contributed by atoms with E-state index in [2.05, 4.69) is 22.9 Å². The molecule has 1 unspecified atom stereocenters. The summed E-state index contributed by atoms with van der Waals surface area (Å²) in [6, 6.07) is 0. The summed E-state index contributed by atoms with van der Waals surface area (Å²) >= 11 is 3.45. The summed E-state index contributed by atoms with van der Waals surface area (Å²) in [5, 5.41) is 0.966. The van der Waals surface area contributed by atoms with Gasteiger partial charge >= 0.3 is 0 Å². The molecule has 1 atom stereocenters. The van der Waals surface area contributed by atoms with Crippen molar-refractivity contribution in [3.63, 3.8) is 0 Å². The Morgan fingerprint density at radius 1 is 1.69 bits per heavy atom. The number of morpholine rings is 1.